The average Bonchev–Trinajstić information content (AvgIpc) is 3.49. The van der Waals surface area contributed by atoms with Crippen LogP contribution in [0.1, 0.15) is 45.3 Å². The van der Waals surface area contributed by atoms with Crippen molar-refractivity contribution in [2.45, 2.75) is 63.6 Å². The fraction of sp³-hybridized carbons (Fsp3) is 0.522. The lowest BCUT2D eigenvalue weighted by Gasteiger charge is -2.40. The number of amides is 1. The van der Waals surface area contributed by atoms with Crippen LogP contribution in [0.4, 0.5) is 24.0 Å². The van der Waals surface area contributed by atoms with Crippen LogP contribution in [0.5, 0.6) is 0 Å². The molecule has 0 saturated carbocycles. The van der Waals surface area contributed by atoms with Gasteiger partial charge in [0.1, 0.15) is 16.1 Å². The highest BCUT2D eigenvalue weighted by Crippen LogP contribution is 2.42. The van der Waals surface area contributed by atoms with Crippen molar-refractivity contribution in [1.29, 1.82) is 0 Å². The van der Waals surface area contributed by atoms with Crippen molar-refractivity contribution in [3.63, 3.8) is 0 Å². The highest BCUT2D eigenvalue weighted by Gasteiger charge is 2.46. The molecule has 8 nitrogen and oxygen atoms in total. The van der Waals surface area contributed by atoms with Gasteiger partial charge in [-0.3, -0.25) is 4.90 Å². The van der Waals surface area contributed by atoms with Crippen LogP contribution in [0.2, 0.25) is 0 Å². The van der Waals surface area contributed by atoms with E-state index in [-0.39, 0.29) is 40.9 Å². The number of fused-ring (bicyclic) bond motifs is 3. The predicted molar refractivity (Wildman–Crippen MR) is 123 cm³/mol. The van der Waals surface area contributed by atoms with Crippen molar-refractivity contribution in [2.75, 3.05) is 18.0 Å². The Morgan fingerprint density at radius 1 is 1.23 bits per heavy atom. The van der Waals surface area contributed by atoms with E-state index in [1.807, 2.05) is 25.7 Å². The van der Waals surface area contributed by atoms with E-state index in [0.29, 0.717) is 23.7 Å². The van der Waals surface area contributed by atoms with Crippen LogP contribution in [0, 0.1) is 0 Å². The third kappa shape index (κ3) is 4.44. The molecule has 2 aliphatic heterocycles. The zero-order chi connectivity index (χ0) is 25.1. The van der Waals surface area contributed by atoms with Gasteiger partial charge < -0.3 is 19.2 Å². The summed E-state index contributed by atoms with van der Waals surface area (Å²) in [6, 6.07) is 2.58. The first-order chi connectivity index (χ1) is 16.4. The van der Waals surface area contributed by atoms with Crippen LogP contribution in [-0.2, 0) is 4.74 Å². The van der Waals surface area contributed by atoms with E-state index in [4.69, 9.17) is 9.15 Å². The number of aliphatic hydroxyl groups excluding tert-OH is 1. The van der Waals surface area contributed by atoms with Crippen LogP contribution >= 0.6 is 11.3 Å². The van der Waals surface area contributed by atoms with Gasteiger partial charge in [0.15, 0.2) is 11.7 Å². The molecule has 3 atom stereocenters. The Morgan fingerprint density at radius 3 is 2.49 bits per heavy atom. The summed E-state index contributed by atoms with van der Waals surface area (Å²) in [4.78, 5) is 25.0. The lowest BCUT2D eigenvalue weighted by molar-refractivity contribution is -0.206. The molecule has 2 fully saturated rings. The van der Waals surface area contributed by atoms with Gasteiger partial charge in [0.2, 0.25) is 0 Å². The number of anilines is 1. The van der Waals surface area contributed by atoms with Crippen molar-refractivity contribution in [3.05, 3.63) is 29.3 Å². The molecule has 0 radical (unpaired) electrons. The number of ether oxygens (including phenoxy) is 1. The summed E-state index contributed by atoms with van der Waals surface area (Å²) >= 11 is 1.32. The number of aromatic nitrogens is 2. The molecule has 5 rings (SSSR count). The number of halogens is 3. The zero-order valence-electron chi connectivity index (χ0n) is 19.4. The van der Waals surface area contributed by atoms with E-state index < -0.39 is 17.9 Å². The highest BCUT2D eigenvalue weighted by molar-refractivity contribution is 7.13. The molecule has 1 amide bonds. The summed E-state index contributed by atoms with van der Waals surface area (Å²) in [5.74, 6) is 0. The first-order valence-electron chi connectivity index (χ1n) is 11.3. The van der Waals surface area contributed by atoms with Crippen molar-refractivity contribution < 1.29 is 32.2 Å². The number of hydrogen-bond acceptors (Lipinski definition) is 8. The molecular weight excluding hydrogens is 485 g/mol. The molecule has 2 aromatic heterocycles. The number of alkyl halides is 3. The molecule has 1 aromatic carbocycles. The molecule has 2 aliphatic rings. The van der Waals surface area contributed by atoms with Gasteiger partial charge >= 0.3 is 12.3 Å². The third-order valence-corrected chi connectivity index (χ3v) is 6.99. The summed E-state index contributed by atoms with van der Waals surface area (Å²) in [5, 5.41) is 12.3. The van der Waals surface area contributed by atoms with Gasteiger partial charge in [-0.25, -0.2) is 9.78 Å². The molecule has 0 aliphatic carbocycles. The van der Waals surface area contributed by atoms with Gasteiger partial charge in [-0.2, -0.15) is 18.2 Å². The average molecular weight is 511 g/mol. The Morgan fingerprint density at radius 2 is 1.91 bits per heavy atom. The minimum atomic E-state index is -4.85. The molecule has 35 heavy (non-hydrogen) atoms. The number of nitrogens with zero attached hydrogens (tertiary/aromatic N) is 4. The number of carbonyl (C=O) groups is 1. The number of benzene rings is 1. The van der Waals surface area contributed by atoms with E-state index in [0.717, 1.165) is 12.8 Å². The SMILES string of the molecule is CC(C)(C)OC(=O)N1C2CCC1CN(c1nc3c(C(O)C(F)(F)F)ccc(-c4nccs4)c3o1)C2. The van der Waals surface area contributed by atoms with Crippen LogP contribution in [0.25, 0.3) is 21.7 Å². The highest BCUT2D eigenvalue weighted by atomic mass is 32.1. The Balaban J connectivity index is 1.50. The molecule has 4 heterocycles. The first kappa shape index (κ1) is 23.9. The Bertz CT molecular complexity index is 1220. The number of aliphatic hydroxyl groups is 1. The van der Waals surface area contributed by atoms with Crippen LogP contribution in [-0.4, -0.2) is 63.0 Å². The molecule has 0 spiro atoms. The topological polar surface area (TPSA) is 91.9 Å². The second kappa shape index (κ2) is 8.37. The second-order valence-electron chi connectivity index (χ2n) is 9.84. The monoisotopic (exact) mass is 510 g/mol. The van der Waals surface area contributed by atoms with E-state index >= 15 is 0 Å². The van der Waals surface area contributed by atoms with Gasteiger partial charge in [0.25, 0.3) is 6.01 Å². The fourth-order valence-corrected chi connectivity index (χ4v) is 5.40. The third-order valence-electron chi connectivity index (χ3n) is 6.19. The standard InChI is InChI=1S/C23H25F3N4O4S/c1-22(2,3)34-21(32)30-12-4-5-13(30)11-29(10-12)20-28-16-14(18(31)23(24,25)26)6-7-15(17(16)33-20)19-27-8-9-35-19/h6-9,12-13,18,31H,4-5,10-11H2,1-3H3. The molecule has 3 unspecified atom stereocenters. The first-order valence-corrected chi connectivity index (χ1v) is 12.1. The normalized spacial score (nSPS) is 21.6. The Kier molecular flexibility index (Phi) is 5.71. The maximum Gasteiger partial charge on any atom is 0.418 e. The minimum absolute atomic E-state index is 0.0561. The van der Waals surface area contributed by atoms with Crippen molar-refractivity contribution >= 4 is 34.5 Å². The van der Waals surface area contributed by atoms with Crippen LogP contribution in [0.15, 0.2) is 28.1 Å². The number of thiazole rings is 1. The van der Waals surface area contributed by atoms with Gasteiger partial charge in [-0.15, -0.1) is 11.3 Å². The van der Waals surface area contributed by atoms with Gasteiger partial charge in [0, 0.05) is 30.2 Å². The lowest BCUT2D eigenvalue weighted by Crippen LogP contribution is -2.56. The maximum atomic E-state index is 13.4. The number of piperazine rings is 1. The summed E-state index contributed by atoms with van der Waals surface area (Å²) in [7, 11) is 0. The molecule has 1 N–H and O–H groups in total. The van der Waals surface area contributed by atoms with Gasteiger partial charge in [-0.05, 0) is 39.7 Å². The Hall–Kier alpha value is -2.86. The maximum absolute atomic E-state index is 13.4. The molecule has 3 aromatic rings. The van der Waals surface area contributed by atoms with Crippen LogP contribution < -0.4 is 4.90 Å². The van der Waals surface area contributed by atoms with Crippen molar-refractivity contribution in [1.82, 2.24) is 14.9 Å². The smallest absolute Gasteiger partial charge is 0.418 e. The molecule has 2 bridgehead atoms. The fourth-order valence-electron chi connectivity index (χ4n) is 4.74. The second-order valence-corrected chi connectivity index (χ2v) is 10.7. The van der Waals surface area contributed by atoms with E-state index in [1.54, 1.807) is 16.5 Å². The molecule has 188 valence electrons. The zero-order valence-corrected chi connectivity index (χ0v) is 20.2. The number of hydrogen-bond donors (Lipinski definition) is 1. The molecular formula is C23H25F3N4O4S. The summed E-state index contributed by atoms with van der Waals surface area (Å²) < 4.78 is 51.7. The largest absolute Gasteiger partial charge is 0.444 e. The summed E-state index contributed by atoms with van der Waals surface area (Å²) in [5.41, 5.74) is -0.409. The quantitative estimate of drug-likeness (QED) is 0.522. The number of carbonyl (C=O) groups excluding carboxylic acids is 1. The summed E-state index contributed by atoms with van der Waals surface area (Å²) in [6.45, 7) is 6.26. The lowest BCUT2D eigenvalue weighted by atomic mass is 10.0. The van der Waals surface area contributed by atoms with E-state index in [1.165, 1.54) is 23.5 Å². The number of rotatable bonds is 3. The molecule has 12 heteroatoms. The van der Waals surface area contributed by atoms with E-state index in [9.17, 15) is 23.1 Å². The summed E-state index contributed by atoms with van der Waals surface area (Å²) in [6.07, 6.45) is -4.77. The number of oxazole rings is 1. The van der Waals surface area contributed by atoms with Gasteiger partial charge in [0.05, 0.1) is 17.6 Å². The van der Waals surface area contributed by atoms with Gasteiger partial charge in [-0.1, -0.05) is 6.07 Å². The van der Waals surface area contributed by atoms with Crippen molar-refractivity contribution in [3.8, 4) is 10.6 Å². The Labute approximate surface area is 203 Å². The molecule has 2 saturated heterocycles. The van der Waals surface area contributed by atoms with Crippen molar-refractivity contribution in [2.24, 2.45) is 0 Å². The minimum Gasteiger partial charge on any atom is -0.444 e. The van der Waals surface area contributed by atoms with Crippen LogP contribution in [0.3, 0.4) is 0 Å². The predicted octanol–water partition coefficient (Wildman–Crippen LogP) is 5.14. The van der Waals surface area contributed by atoms with E-state index in [2.05, 4.69) is 9.97 Å².